The van der Waals surface area contributed by atoms with Gasteiger partial charge in [0, 0.05) is 27.6 Å². The molecule has 11 rings (SSSR count). The summed E-state index contributed by atoms with van der Waals surface area (Å²) in [6.45, 7) is 2.44. The number of fused-ring (bicyclic) bond motifs is 7. The van der Waals surface area contributed by atoms with Gasteiger partial charge < -0.3 is 9.80 Å². The molecular weight excluding hydrogens is 653 g/mol. The van der Waals surface area contributed by atoms with E-state index >= 15 is 0 Å². The molecular formula is C52H36N2. The van der Waals surface area contributed by atoms with Crippen molar-refractivity contribution in [3.8, 4) is 22.3 Å². The Hall–Kier alpha value is -6.90. The lowest BCUT2D eigenvalue weighted by atomic mass is 9.70. The fourth-order valence-electron chi connectivity index (χ4n) is 9.36. The summed E-state index contributed by atoms with van der Waals surface area (Å²) >= 11 is 0. The summed E-state index contributed by atoms with van der Waals surface area (Å²) in [7, 11) is 0. The van der Waals surface area contributed by atoms with E-state index in [2.05, 4.69) is 217 Å². The molecule has 1 aliphatic carbocycles. The Kier molecular flexibility index (Phi) is 6.72. The average Bonchev–Trinajstić information content (AvgIpc) is 3.51. The standard InChI is InChI=1S/C52H36N2/c1-52-45-24-10-9-22-43(45)44-23-13-27-50(51(44)52)54(48-26-12-17-37-15-6-8-21-42(37)48)49-33-30-38(34-46(49)52)35-28-31-40(32-29-35)53(39-18-3-2-4-19-39)47-25-11-16-36-14-5-7-20-41(36)47/h2-34H,1H3. The fraction of sp³-hybridized carbons (Fsp3) is 0.0385. The Bertz CT molecular complexity index is 2900. The molecule has 0 bridgehead atoms. The van der Waals surface area contributed by atoms with Crippen LogP contribution in [0.5, 0.6) is 0 Å². The summed E-state index contributed by atoms with van der Waals surface area (Å²) in [5, 5.41) is 4.94. The van der Waals surface area contributed by atoms with E-state index in [1.807, 2.05) is 0 Å². The first-order valence-corrected chi connectivity index (χ1v) is 18.8. The highest BCUT2D eigenvalue weighted by molar-refractivity contribution is 6.04. The van der Waals surface area contributed by atoms with Gasteiger partial charge in [-0.05, 0) is 111 Å². The summed E-state index contributed by atoms with van der Waals surface area (Å²) in [5.74, 6) is 0. The molecule has 254 valence electrons. The van der Waals surface area contributed by atoms with Crippen LogP contribution >= 0.6 is 0 Å². The van der Waals surface area contributed by atoms with Crippen molar-refractivity contribution in [1.29, 1.82) is 0 Å². The van der Waals surface area contributed by atoms with Crippen molar-refractivity contribution in [2.24, 2.45) is 0 Å². The minimum Gasteiger partial charge on any atom is -0.310 e. The summed E-state index contributed by atoms with van der Waals surface area (Å²) in [5.41, 5.74) is 15.9. The predicted octanol–water partition coefficient (Wildman–Crippen LogP) is 14.2. The van der Waals surface area contributed by atoms with Crippen molar-refractivity contribution >= 4 is 55.7 Å². The number of para-hydroxylation sites is 1. The first kappa shape index (κ1) is 30.7. The lowest BCUT2D eigenvalue weighted by Gasteiger charge is -2.43. The summed E-state index contributed by atoms with van der Waals surface area (Å²) in [6, 6.07) is 73.4. The quantitative estimate of drug-likeness (QED) is 0.178. The zero-order chi connectivity index (χ0) is 35.8. The Labute approximate surface area is 315 Å². The molecule has 1 heterocycles. The maximum Gasteiger partial charge on any atom is 0.0540 e. The number of hydrogen-bond acceptors (Lipinski definition) is 2. The molecule has 1 aliphatic heterocycles. The highest BCUT2D eigenvalue weighted by atomic mass is 15.2. The Morgan fingerprint density at radius 3 is 1.83 bits per heavy atom. The van der Waals surface area contributed by atoms with Crippen molar-refractivity contribution in [3.05, 3.63) is 217 Å². The van der Waals surface area contributed by atoms with Crippen molar-refractivity contribution in [2.75, 3.05) is 9.80 Å². The van der Waals surface area contributed by atoms with Gasteiger partial charge in [-0.2, -0.15) is 0 Å². The van der Waals surface area contributed by atoms with Gasteiger partial charge in [0.15, 0.2) is 0 Å². The molecule has 2 heteroatoms. The molecule has 0 fully saturated rings. The predicted molar refractivity (Wildman–Crippen MR) is 227 cm³/mol. The van der Waals surface area contributed by atoms with Gasteiger partial charge in [-0.15, -0.1) is 0 Å². The molecule has 0 saturated carbocycles. The van der Waals surface area contributed by atoms with Crippen molar-refractivity contribution in [3.63, 3.8) is 0 Å². The van der Waals surface area contributed by atoms with Gasteiger partial charge in [-0.3, -0.25) is 0 Å². The summed E-state index contributed by atoms with van der Waals surface area (Å²) < 4.78 is 0. The van der Waals surface area contributed by atoms with Crippen molar-refractivity contribution in [2.45, 2.75) is 12.3 Å². The lowest BCUT2D eigenvalue weighted by molar-refractivity contribution is 0.702. The van der Waals surface area contributed by atoms with Crippen LogP contribution < -0.4 is 9.80 Å². The molecule has 54 heavy (non-hydrogen) atoms. The minimum atomic E-state index is -0.312. The molecule has 9 aromatic carbocycles. The van der Waals surface area contributed by atoms with E-state index in [0.29, 0.717) is 0 Å². The number of rotatable bonds is 5. The van der Waals surface area contributed by atoms with Crippen LogP contribution in [-0.4, -0.2) is 0 Å². The van der Waals surface area contributed by atoms with Crippen molar-refractivity contribution < 1.29 is 0 Å². The molecule has 9 aromatic rings. The van der Waals surface area contributed by atoms with Gasteiger partial charge in [-0.1, -0.05) is 146 Å². The van der Waals surface area contributed by atoms with Crippen LogP contribution in [0.25, 0.3) is 43.8 Å². The van der Waals surface area contributed by atoms with E-state index in [9.17, 15) is 0 Å². The van der Waals surface area contributed by atoms with Crippen LogP contribution in [-0.2, 0) is 5.41 Å². The molecule has 0 saturated heterocycles. The van der Waals surface area contributed by atoms with E-state index < -0.39 is 0 Å². The van der Waals surface area contributed by atoms with Crippen LogP contribution in [0.15, 0.2) is 200 Å². The largest absolute Gasteiger partial charge is 0.310 e. The highest BCUT2D eigenvalue weighted by Gasteiger charge is 2.48. The Morgan fingerprint density at radius 2 is 1.00 bits per heavy atom. The van der Waals surface area contributed by atoms with Crippen molar-refractivity contribution in [1.82, 2.24) is 0 Å². The third-order valence-electron chi connectivity index (χ3n) is 11.8. The fourth-order valence-corrected chi connectivity index (χ4v) is 9.36. The van der Waals surface area contributed by atoms with Gasteiger partial charge in [0.2, 0.25) is 0 Å². The number of benzene rings is 9. The molecule has 0 aromatic heterocycles. The normalized spacial score (nSPS) is 15.2. The number of hydrogen-bond donors (Lipinski definition) is 0. The minimum absolute atomic E-state index is 0.312. The first-order valence-electron chi connectivity index (χ1n) is 18.8. The van der Waals surface area contributed by atoms with Crippen LogP contribution in [0.1, 0.15) is 23.6 Å². The molecule has 0 N–H and O–H groups in total. The van der Waals surface area contributed by atoms with E-state index in [-0.39, 0.29) is 5.41 Å². The molecule has 0 amide bonds. The summed E-state index contributed by atoms with van der Waals surface area (Å²) in [4.78, 5) is 4.88. The van der Waals surface area contributed by atoms with Gasteiger partial charge in [0.1, 0.15) is 0 Å². The molecule has 2 aliphatic rings. The third kappa shape index (κ3) is 4.41. The average molecular weight is 689 g/mol. The van der Waals surface area contributed by atoms with Gasteiger partial charge >= 0.3 is 0 Å². The second kappa shape index (κ2) is 11.8. The molecule has 0 spiro atoms. The second-order valence-corrected chi connectivity index (χ2v) is 14.7. The maximum absolute atomic E-state index is 2.51. The van der Waals surface area contributed by atoms with Crippen LogP contribution in [0, 0.1) is 0 Å². The highest BCUT2D eigenvalue weighted by Crippen LogP contribution is 2.62. The van der Waals surface area contributed by atoms with Crippen LogP contribution in [0.4, 0.5) is 34.1 Å². The molecule has 1 atom stereocenters. The van der Waals surface area contributed by atoms with E-state index in [4.69, 9.17) is 0 Å². The zero-order valence-electron chi connectivity index (χ0n) is 29.9. The van der Waals surface area contributed by atoms with Crippen LogP contribution in [0.2, 0.25) is 0 Å². The molecule has 2 nitrogen and oxygen atoms in total. The zero-order valence-corrected chi connectivity index (χ0v) is 29.9. The van der Waals surface area contributed by atoms with E-state index in [1.165, 1.54) is 77.6 Å². The SMILES string of the molecule is CC12c3ccccc3-c3cccc(c31)N(c1cccc3ccccc13)c1ccc(-c3ccc(N(c4ccccc4)c4cccc5ccccc45)cc3)cc12. The smallest absolute Gasteiger partial charge is 0.0540 e. The Balaban J connectivity index is 1.09. The monoisotopic (exact) mass is 688 g/mol. The van der Waals surface area contributed by atoms with Gasteiger partial charge in [0.05, 0.1) is 22.7 Å². The topological polar surface area (TPSA) is 6.48 Å². The first-order chi connectivity index (χ1) is 26.7. The lowest BCUT2D eigenvalue weighted by Crippen LogP contribution is -2.32. The number of nitrogens with zero attached hydrogens (tertiary/aromatic N) is 2. The second-order valence-electron chi connectivity index (χ2n) is 14.7. The molecule has 1 unspecified atom stereocenters. The van der Waals surface area contributed by atoms with Crippen LogP contribution in [0.3, 0.4) is 0 Å². The van der Waals surface area contributed by atoms with Gasteiger partial charge in [-0.25, -0.2) is 0 Å². The Morgan fingerprint density at radius 1 is 0.407 bits per heavy atom. The van der Waals surface area contributed by atoms with E-state index in [0.717, 1.165) is 17.1 Å². The molecule has 0 radical (unpaired) electrons. The van der Waals surface area contributed by atoms with Gasteiger partial charge in [0.25, 0.3) is 0 Å². The van der Waals surface area contributed by atoms with E-state index in [1.54, 1.807) is 0 Å². The number of anilines is 6. The third-order valence-corrected chi connectivity index (χ3v) is 11.8. The maximum atomic E-state index is 2.51. The summed E-state index contributed by atoms with van der Waals surface area (Å²) in [6.07, 6.45) is 0.